The number of rotatable bonds is 2. The third-order valence-electron chi connectivity index (χ3n) is 3.78. The van der Waals surface area contributed by atoms with E-state index in [9.17, 15) is 31.5 Å². The molecule has 1 aliphatic rings. The lowest BCUT2D eigenvalue weighted by atomic mass is 10.2. The fourth-order valence-electron chi connectivity index (χ4n) is 2.78. The Balaban J connectivity index is 2.07. The number of fused-ring (bicyclic) bond motifs is 1. The summed E-state index contributed by atoms with van der Waals surface area (Å²) in [6, 6.07) is 0.252. The summed E-state index contributed by atoms with van der Waals surface area (Å²) in [6.45, 7) is -1.62. The summed E-state index contributed by atoms with van der Waals surface area (Å²) in [5.74, 6) is -3.33. The van der Waals surface area contributed by atoms with E-state index < -0.39 is 41.9 Å². The van der Waals surface area contributed by atoms with Crippen molar-refractivity contribution < 1.29 is 26.7 Å². The highest BCUT2D eigenvalue weighted by Crippen LogP contribution is 2.28. The number of aromatic nitrogens is 2. The van der Waals surface area contributed by atoms with Crippen molar-refractivity contribution in [2.45, 2.75) is 18.6 Å². The lowest BCUT2D eigenvalue weighted by molar-refractivity contribution is -0.158. The molecule has 128 valence electrons. The molecular weight excluding hydrogens is 337 g/mol. The molecule has 1 aromatic carbocycles. The first-order chi connectivity index (χ1) is 11.2. The Kier molecular flexibility index (Phi) is 3.77. The van der Waals surface area contributed by atoms with E-state index in [0.717, 1.165) is 16.8 Å². The molecule has 0 bridgehead atoms. The van der Waals surface area contributed by atoms with Gasteiger partial charge in [-0.25, -0.2) is 13.8 Å². The SMILES string of the molecule is O=C1C(n2c(=O)cnc3cc(F)c(F)cc32)CCN1CC(F)(F)F. The summed E-state index contributed by atoms with van der Waals surface area (Å²) in [6.07, 6.45) is -3.79. The minimum absolute atomic E-state index is 0.0487. The van der Waals surface area contributed by atoms with E-state index in [0.29, 0.717) is 11.0 Å². The monoisotopic (exact) mass is 347 g/mol. The summed E-state index contributed by atoms with van der Waals surface area (Å²) in [7, 11) is 0. The third-order valence-corrected chi connectivity index (χ3v) is 3.78. The van der Waals surface area contributed by atoms with Crippen LogP contribution >= 0.6 is 0 Å². The van der Waals surface area contributed by atoms with Gasteiger partial charge in [-0.1, -0.05) is 0 Å². The molecular formula is C14H10F5N3O2. The zero-order valence-corrected chi connectivity index (χ0v) is 12.0. The number of hydrogen-bond donors (Lipinski definition) is 0. The quantitative estimate of drug-likeness (QED) is 0.781. The van der Waals surface area contributed by atoms with E-state index in [1.165, 1.54) is 0 Å². The van der Waals surface area contributed by atoms with Crippen LogP contribution in [0.5, 0.6) is 0 Å². The predicted molar refractivity (Wildman–Crippen MR) is 72.2 cm³/mol. The largest absolute Gasteiger partial charge is 0.406 e. The van der Waals surface area contributed by atoms with E-state index in [-0.39, 0.29) is 24.0 Å². The van der Waals surface area contributed by atoms with Crippen molar-refractivity contribution in [3.63, 3.8) is 0 Å². The van der Waals surface area contributed by atoms with Gasteiger partial charge in [0.25, 0.3) is 5.56 Å². The van der Waals surface area contributed by atoms with Crippen LogP contribution in [0.1, 0.15) is 12.5 Å². The Bertz CT molecular complexity index is 877. The maximum Gasteiger partial charge on any atom is 0.406 e. The van der Waals surface area contributed by atoms with Crippen LogP contribution in [0.3, 0.4) is 0 Å². The van der Waals surface area contributed by atoms with Gasteiger partial charge in [-0.2, -0.15) is 13.2 Å². The van der Waals surface area contributed by atoms with Gasteiger partial charge in [0, 0.05) is 18.7 Å². The number of hydrogen-bond acceptors (Lipinski definition) is 3. The van der Waals surface area contributed by atoms with Crippen LogP contribution < -0.4 is 5.56 Å². The number of halogens is 5. The molecule has 0 N–H and O–H groups in total. The third kappa shape index (κ3) is 2.83. The van der Waals surface area contributed by atoms with Crippen LogP contribution in [0.2, 0.25) is 0 Å². The van der Waals surface area contributed by atoms with Gasteiger partial charge >= 0.3 is 6.18 Å². The molecule has 1 saturated heterocycles. The Hall–Kier alpha value is -2.52. The van der Waals surface area contributed by atoms with Gasteiger partial charge in [-0.15, -0.1) is 0 Å². The molecule has 1 fully saturated rings. The Labute approximate surface area is 131 Å². The molecule has 1 atom stereocenters. The molecule has 0 radical (unpaired) electrons. The predicted octanol–water partition coefficient (Wildman–Crippen LogP) is 2.01. The fourth-order valence-corrected chi connectivity index (χ4v) is 2.78. The molecule has 1 aromatic heterocycles. The fraction of sp³-hybridized carbons (Fsp3) is 0.357. The van der Waals surface area contributed by atoms with E-state index in [2.05, 4.69) is 4.98 Å². The van der Waals surface area contributed by atoms with Crippen molar-refractivity contribution in [1.29, 1.82) is 0 Å². The average molecular weight is 347 g/mol. The van der Waals surface area contributed by atoms with Crippen molar-refractivity contribution in [2.24, 2.45) is 0 Å². The van der Waals surface area contributed by atoms with E-state index in [1.807, 2.05) is 0 Å². The highest BCUT2D eigenvalue weighted by atomic mass is 19.4. The highest BCUT2D eigenvalue weighted by Gasteiger charge is 2.40. The second-order valence-corrected chi connectivity index (χ2v) is 5.40. The van der Waals surface area contributed by atoms with Crippen molar-refractivity contribution >= 4 is 16.9 Å². The second-order valence-electron chi connectivity index (χ2n) is 5.40. The van der Waals surface area contributed by atoms with Crippen molar-refractivity contribution in [3.05, 3.63) is 40.3 Å². The number of nitrogens with zero attached hydrogens (tertiary/aromatic N) is 3. The molecule has 0 aliphatic carbocycles. The Morgan fingerprint density at radius 1 is 1.17 bits per heavy atom. The summed E-state index contributed by atoms with van der Waals surface area (Å²) in [5.41, 5.74) is -0.995. The topological polar surface area (TPSA) is 55.2 Å². The normalized spacial score (nSPS) is 18.6. The van der Waals surface area contributed by atoms with Crippen molar-refractivity contribution in [1.82, 2.24) is 14.5 Å². The Morgan fingerprint density at radius 2 is 1.83 bits per heavy atom. The van der Waals surface area contributed by atoms with Gasteiger partial charge < -0.3 is 4.90 Å². The summed E-state index contributed by atoms with van der Waals surface area (Å²) < 4.78 is 65.1. The lowest BCUT2D eigenvalue weighted by Crippen LogP contribution is -2.38. The first-order valence-electron chi connectivity index (χ1n) is 6.89. The summed E-state index contributed by atoms with van der Waals surface area (Å²) >= 11 is 0. The van der Waals surface area contributed by atoms with Gasteiger partial charge in [0.2, 0.25) is 5.91 Å². The Morgan fingerprint density at radius 3 is 2.50 bits per heavy atom. The second kappa shape index (κ2) is 5.53. The number of likely N-dealkylation sites (tertiary alicyclic amines) is 1. The van der Waals surface area contributed by atoms with Crippen LogP contribution in [0, 0.1) is 11.6 Å². The van der Waals surface area contributed by atoms with E-state index >= 15 is 0 Å². The molecule has 1 aliphatic heterocycles. The number of alkyl halides is 3. The van der Waals surface area contributed by atoms with E-state index in [1.54, 1.807) is 0 Å². The van der Waals surface area contributed by atoms with Gasteiger partial charge in [0.05, 0.1) is 17.2 Å². The first kappa shape index (κ1) is 16.3. The number of carbonyl (C=O) groups is 1. The van der Waals surface area contributed by atoms with Gasteiger partial charge in [-0.05, 0) is 6.42 Å². The molecule has 5 nitrogen and oxygen atoms in total. The van der Waals surface area contributed by atoms with Gasteiger partial charge in [0.15, 0.2) is 11.6 Å². The smallest absolute Gasteiger partial charge is 0.332 e. The van der Waals surface area contributed by atoms with Crippen LogP contribution in [0.25, 0.3) is 11.0 Å². The molecule has 2 heterocycles. The zero-order chi connectivity index (χ0) is 17.6. The first-order valence-corrected chi connectivity index (χ1v) is 6.89. The average Bonchev–Trinajstić information content (AvgIpc) is 2.80. The lowest BCUT2D eigenvalue weighted by Gasteiger charge is -2.19. The molecule has 0 saturated carbocycles. The van der Waals surface area contributed by atoms with Crippen LogP contribution in [-0.2, 0) is 4.79 Å². The standard InChI is InChI=1S/C14H10F5N3O2/c15-7-3-9-11(4-8(7)16)22(12(23)5-20-9)10-1-2-21(13(10)24)6-14(17,18)19/h3-5,10H,1-2,6H2. The maximum atomic E-state index is 13.5. The highest BCUT2D eigenvalue weighted by molar-refractivity contribution is 5.85. The van der Waals surface area contributed by atoms with Crippen molar-refractivity contribution in [3.8, 4) is 0 Å². The van der Waals surface area contributed by atoms with E-state index in [4.69, 9.17) is 0 Å². The molecule has 1 unspecified atom stereocenters. The maximum absolute atomic E-state index is 13.5. The van der Waals surface area contributed by atoms with Crippen LogP contribution in [0.4, 0.5) is 22.0 Å². The molecule has 0 spiro atoms. The van der Waals surface area contributed by atoms with Crippen molar-refractivity contribution in [2.75, 3.05) is 13.1 Å². The minimum atomic E-state index is -4.56. The number of amides is 1. The summed E-state index contributed by atoms with van der Waals surface area (Å²) in [5, 5.41) is 0. The molecule has 10 heteroatoms. The summed E-state index contributed by atoms with van der Waals surface area (Å²) in [4.78, 5) is 28.5. The minimum Gasteiger partial charge on any atom is -0.332 e. The molecule has 24 heavy (non-hydrogen) atoms. The zero-order valence-electron chi connectivity index (χ0n) is 12.0. The van der Waals surface area contributed by atoms with Crippen LogP contribution in [-0.4, -0.2) is 39.6 Å². The van der Waals surface area contributed by atoms with Gasteiger partial charge in [-0.3, -0.25) is 14.2 Å². The molecule has 1 amide bonds. The van der Waals surface area contributed by atoms with Gasteiger partial charge in [0.1, 0.15) is 12.6 Å². The number of carbonyl (C=O) groups excluding carboxylic acids is 1. The van der Waals surface area contributed by atoms with Crippen LogP contribution in [0.15, 0.2) is 23.1 Å². The number of benzene rings is 1. The molecule has 3 rings (SSSR count). The molecule has 2 aromatic rings.